The van der Waals surface area contributed by atoms with E-state index in [0.717, 1.165) is 0 Å². The van der Waals surface area contributed by atoms with Crippen LogP contribution in [0.25, 0.3) is 0 Å². The Morgan fingerprint density at radius 1 is 0.543 bits per heavy atom. The fourth-order valence-electron chi connectivity index (χ4n) is 7.38. The second-order valence-corrected chi connectivity index (χ2v) is 15.3. The Morgan fingerprint density at radius 2 is 0.913 bits per heavy atom. The van der Waals surface area contributed by atoms with Gasteiger partial charge in [0.15, 0.2) is 21.3 Å². The topological polar surface area (TPSA) is 167 Å². The van der Waals surface area contributed by atoms with Crippen molar-refractivity contribution in [3.05, 3.63) is 129 Å². The lowest BCUT2D eigenvalue weighted by molar-refractivity contribution is 0.0980. The number of nitrogens with one attached hydrogen (secondary N) is 2. The lowest BCUT2D eigenvalue weighted by atomic mass is 9.81. The predicted octanol–water partition coefficient (Wildman–Crippen LogP) is 5.44. The van der Waals surface area contributed by atoms with Crippen LogP contribution in [0.1, 0.15) is 79.8 Å². The van der Waals surface area contributed by atoms with Gasteiger partial charge in [-0.2, -0.15) is 16.8 Å². The first-order valence-corrected chi connectivity index (χ1v) is 17.8. The van der Waals surface area contributed by atoms with Gasteiger partial charge in [-0.1, -0.05) is 72.8 Å². The van der Waals surface area contributed by atoms with E-state index in [-0.39, 0.29) is 46.5 Å². The van der Waals surface area contributed by atoms with Crippen LogP contribution in [0.5, 0.6) is 0 Å². The normalized spacial score (nSPS) is 22.2. The van der Waals surface area contributed by atoms with E-state index in [1.54, 1.807) is 60.7 Å². The molecule has 0 saturated carbocycles. The standard InChI is InChI=1S/C34H30N2O8S2/c37-31-23-13-3-4-14-24(23)32(38)30-28(36-34(46(42,43)44)20-8-12-22-10-2-6-16-26(22)34)18-17-27(29(30)31)35-33(45(39,40)41)19-7-11-21-9-1-5-15-25(21)33/h1-6,9-10,13-18,35-36H,7-8,11-12,19-20H2,(H,39,40,41)(H,42,43,44). The molecule has 0 saturated heterocycles. The minimum Gasteiger partial charge on any atom is -0.360 e. The van der Waals surface area contributed by atoms with Gasteiger partial charge in [0.2, 0.25) is 0 Å². The number of carbonyl (C=O) groups excluding carboxylic acids is 2. The maximum Gasteiger partial charge on any atom is 0.293 e. The fraction of sp³-hybridized carbons (Fsp3) is 0.235. The van der Waals surface area contributed by atoms with Crippen molar-refractivity contribution in [3.63, 3.8) is 0 Å². The Labute approximate surface area is 266 Å². The number of carbonyl (C=O) groups is 2. The van der Waals surface area contributed by atoms with Crippen LogP contribution in [0.15, 0.2) is 84.9 Å². The highest BCUT2D eigenvalue weighted by atomic mass is 32.2. The van der Waals surface area contributed by atoms with Crippen molar-refractivity contribution in [2.75, 3.05) is 10.6 Å². The van der Waals surface area contributed by atoms with E-state index < -0.39 is 41.5 Å². The largest absolute Gasteiger partial charge is 0.360 e. The smallest absolute Gasteiger partial charge is 0.293 e. The minimum absolute atomic E-state index is 0.0149. The quantitative estimate of drug-likeness (QED) is 0.173. The monoisotopic (exact) mass is 658 g/mol. The summed E-state index contributed by atoms with van der Waals surface area (Å²) in [5.41, 5.74) is 1.90. The lowest BCUT2D eigenvalue weighted by Gasteiger charge is -2.40. The highest BCUT2D eigenvalue weighted by Gasteiger charge is 2.51. The van der Waals surface area contributed by atoms with Gasteiger partial charge in [-0.3, -0.25) is 18.7 Å². The van der Waals surface area contributed by atoms with E-state index in [4.69, 9.17) is 0 Å². The van der Waals surface area contributed by atoms with Crippen molar-refractivity contribution < 1.29 is 35.5 Å². The summed E-state index contributed by atoms with van der Waals surface area (Å²) in [5, 5.41) is 5.96. The number of fused-ring (bicyclic) bond motifs is 4. The lowest BCUT2D eigenvalue weighted by Crippen LogP contribution is -2.47. The average molecular weight is 659 g/mol. The summed E-state index contributed by atoms with van der Waals surface area (Å²) in [6.07, 6.45) is 1.97. The molecule has 46 heavy (non-hydrogen) atoms. The summed E-state index contributed by atoms with van der Waals surface area (Å²) in [7, 11) is -9.70. The van der Waals surface area contributed by atoms with Gasteiger partial charge in [0.05, 0.1) is 11.1 Å². The molecule has 3 aliphatic rings. The minimum atomic E-state index is -4.85. The van der Waals surface area contributed by atoms with Crippen molar-refractivity contribution in [2.24, 2.45) is 0 Å². The zero-order valence-corrected chi connectivity index (χ0v) is 26.1. The molecule has 0 amide bonds. The molecule has 10 nitrogen and oxygen atoms in total. The Bertz CT molecular complexity index is 2030. The molecular weight excluding hydrogens is 629 g/mol. The molecule has 0 aliphatic heterocycles. The summed E-state index contributed by atoms with van der Waals surface area (Å²) in [6, 6.07) is 22.6. The van der Waals surface area contributed by atoms with Gasteiger partial charge < -0.3 is 10.6 Å². The van der Waals surface area contributed by atoms with Gasteiger partial charge in [0.25, 0.3) is 20.2 Å². The molecule has 0 fully saturated rings. The van der Waals surface area contributed by atoms with Crippen molar-refractivity contribution >= 4 is 43.2 Å². The third-order valence-corrected chi connectivity index (χ3v) is 12.3. The number of hydrogen-bond donors (Lipinski definition) is 4. The second-order valence-electron chi connectivity index (χ2n) is 12.0. The molecule has 0 bridgehead atoms. The van der Waals surface area contributed by atoms with E-state index in [0.29, 0.717) is 47.9 Å². The molecule has 7 rings (SSSR count). The van der Waals surface area contributed by atoms with Gasteiger partial charge in [-0.15, -0.1) is 0 Å². The van der Waals surface area contributed by atoms with Crippen LogP contribution in [-0.2, 0) is 42.8 Å². The van der Waals surface area contributed by atoms with E-state index in [1.165, 1.54) is 24.3 Å². The summed E-state index contributed by atoms with van der Waals surface area (Å²) >= 11 is 0. The zero-order valence-electron chi connectivity index (χ0n) is 24.5. The average Bonchev–Trinajstić information content (AvgIpc) is 3.03. The summed E-state index contributed by atoms with van der Waals surface area (Å²) in [6.45, 7) is 0. The zero-order chi connectivity index (χ0) is 32.5. The van der Waals surface area contributed by atoms with Crippen molar-refractivity contribution in [1.82, 2.24) is 0 Å². The Kier molecular flexibility index (Phi) is 6.98. The predicted molar refractivity (Wildman–Crippen MR) is 172 cm³/mol. The van der Waals surface area contributed by atoms with Gasteiger partial charge in [0.1, 0.15) is 0 Å². The van der Waals surface area contributed by atoms with Crippen molar-refractivity contribution in [3.8, 4) is 0 Å². The molecule has 4 N–H and O–H groups in total. The third-order valence-electron chi connectivity index (χ3n) is 9.48. The van der Waals surface area contributed by atoms with Gasteiger partial charge in [-0.25, -0.2) is 0 Å². The van der Waals surface area contributed by atoms with Crippen LogP contribution in [0, 0.1) is 0 Å². The van der Waals surface area contributed by atoms with E-state index >= 15 is 0 Å². The van der Waals surface area contributed by atoms with Crippen molar-refractivity contribution in [1.29, 1.82) is 0 Å². The second kappa shape index (κ2) is 10.6. The number of anilines is 2. The first kappa shape index (κ1) is 30.3. The van der Waals surface area contributed by atoms with Gasteiger partial charge in [-0.05, 0) is 72.9 Å². The SMILES string of the molecule is O=C1c2ccccc2C(=O)c2c(NC3(S(=O)(=O)O)CCCc4ccccc43)ccc(NC3(S(=O)(=O)O)CCCc4ccccc43)c21. The van der Waals surface area contributed by atoms with Gasteiger partial charge in [0, 0.05) is 22.5 Å². The van der Waals surface area contributed by atoms with Gasteiger partial charge >= 0.3 is 0 Å². The number of aryl methyl sites for hydroxylation is 2. The molecule has 12 heteroatoms. The van der Waals surface area contributed by atoms with E-state index in [9.17, 15) is 35.5 Å². The van der Waals surface area contributed by atoms with E-state index in [2.05, 4.69) is 10.6 Å². The Hall–Kier alpha value is -4.36. The first-order chi connectivity index (χ1) is 21.9. The van der Waals surface area contributed by atoms with Crippen LogP contribution in [0.4, 0.5) is 11.4 Å². The third kappa shape index (κ3) is 4.43. The van der Waals surface area contributed by atoms with Crippen LogP contribution in [0.2, 0.25) is 0 Å². The van der Waals surface area contributed by atoms with Crippen LogP contribution in [0.3, 0.4) is 0 Å². The summed E-state index contributed by atoms with van der Waals surface area (Å²) in [5.74, 6) is -1.17. The maximum atomic E-state index is 14.2. The number of rotatable bonds is 6. The molecule has 4 aromatic carbocycles. The molecule has 0 heterocycles. The Balaban J connectivity index is 1.47. The molecule has 0 aromatic heterocycles. The summed E-state index contributed by atoms with van der Waals surface area (Å²) < 4.78 is 74.3. The van der Waals surface area contributed by atoms with Crippen LogP contribution < -0.4 is 10.6 Å². The molecular formula is C34H30N2O8S2. The Morgan fingerprint density at radius 3 is 1.30 bits per heavy atom. The number of hydrogen-bond acceptors (Lipinski definition) is 8. The molecule has 2 unspecified atom stereocenters. The molecule has 2 atom stereocenters. The van der Waals surface area contributed by atoms with E-state index in [1.807, 2.05) is 0 Å². The fourth-order valence-corrected chi connectivity index (χ4v) is 9.62. The van der Waals surface area contributed by atoms with Crippen LogP contribution in [-0.4, -0.2) is 37.5 Å². The highest BCUT2D eigenvalue weighted by Crippen LogP contribution is 2.47. The van der Waals surface area contributed by atoms with Crippen LogP contribution >= 0.6 is 0 Å². The number of benzene rings is 4. The molecule has 4 aromatic rings. The first-order valence-electron chi connectivity index (χ1n) is 14.9. The molecule has 0 spiro atoms. The molecule has 236 valence electrons. The van der Waals surface area contributed by atoms with Crippen molar-refractivity contribution in [2.45, 2.75) is 48.3 Å². The molecule has 0 radical (unpaired) electrons. The summed E-state index contributed by atoms with van der Waals surface area (Å²) in [4.78, 5) is 24.4. The highest BCUT2D eigenvalue weighted by molar-refractivity contribution is 7.87. The maximum absolute atomic E-state index is 14.2. The number of ketones is 2. The molecule has 3 aliphatic carbocycles.